The molecule has 3 heterocycles. The average molecular weight is 370 g/mol. The van der Waals surface area contributed by atoms with Gasteiger partial charge in [0.15, 0.2) is 0 Å². The van der Waals surface area contributed by atoms with Gasteiger partial charge in [-0.15, -0.1) is 0 Å². The van der Waals surface area contributed by atoms with Gasteiger partial charge in [-0.05, 0) is 19.1 Å². The van der Waals surface area contributed by atoms with Gasteiger partial charge in [0, 0.05) is 20.1 Å². The van der Waals surface area contributed by atoms with Crippen molar-refractivity contribution in [3.63, 3.8) is 0 Å². The molecule has 0 aliphatic carbocycles. The van der Waals surface area contributed by atoms with E-state index in [-0.39, 0.29) is 11.6 Å². The van der Waals surface area contributed by atoms with E-state index in [0.717, 1.165) is 0 Å². The minimum Gasteiger partial charge on any atom is -0.442 e. The van der Waals surface area contributed by atoms with Crippen LogP contribution in [0.2, 0.25) is 0 Å². The second kappa shape index (κ2) is 6.96. The van der Waals surface area contributed by atoms with Crippen LogP contribution in [0.25, 0.3) is 11.1 Å². The third-order valence-corrected chi connectivity index (χ3v) is 4.69. The predicted octanol–water partition coefficient (Wildman–Crippen LogP) is 2.78. The predicted molar refractivity (Wildman–Crippen MR) is 98.7 cm³/mol. The first-order chi connectivity index (χ1) is 13.1. The summed E-state index contributed by atoms with van der Waals surface area (Å²) in [6.45, 7) is 4.19. The maximum absolute atomic E-state index is 14.2. The maximum Gasteiger partial charge on any atom is 0.262 e. The van der Waals surface area contributed by atoms with E-state index in [1.54, 1.807) is 25.1 Å². The van der Waals surface area contributed by atoms with Gasteiger partial charge >= 0.3 is 0 Å². The SMILES string of the molecule is Cc1oc2ncnc(N3CCOCC3)c2c1C(=O)N(C)c1ccccc1F. The molecule has 0 N–H and O–H groups in total. The molecule has 1 amide bonds. The minimum absolute atomic E-state index is 0.195. The van der Waals surface area contributed by atoms with Crippen LogP contribution in [-0.4, -0.2) is 49.2 Å². The number of ether oxygens (including phenoxy) is 1. The summed E-state index contributed by atoms with van der Waals surface area (Å²) in [6, 6.07) is 6.15. The Kier molecular flexibility index (Phi) is 4.49. The highest BCUT2D eigenvalue weighted by atomic mass is 19.1. The van der Waals surface area contributed by atoms with Crippen LogP contribution in [0.3, 0.4) is 0 Å². The van der Waals surface area contributed by atoms with Gasteiger partial charge in [-0.1, -0.05) is 12.1 Å². The van der Waals surface area contributed by atoms with E-state index < -0.39 is 5.82 Å². The number of hydrogen-bond donors (Lipinski definition) is 0. The van der Waals surface area contributed by atoms with Gasteiger partial charge in [0.25, 0.3) is 5.91 Å². The summed E-state index contributed by atoms with van der Waals surface area (Å²) in [5.74, 6) is 0.211. The summed E-state index contributed by atoms with van der Waals surface area (Å²) < 4.78 is 25.3. The highest BCUT2D eigenvalue weighted by Crippen LogP contribution is 2.33. The quantitative estimate of drug-likeness (QED) is 0.706. The second-order valence-corrected chi connectivity index (χ2v) is 6.33. The molecule has 2 aromatic heterocycles. The van der Waals surface area contributed by atoms with Gasteiger partial charge in [0.2, 0.25) is 5.71 Å². The number of amides is 1. The van der Waals surface area contributed by atoms with Crippen molar-refractivity contribution in [1.29, 1.82) is 0 Å². The first kappa shape index (κ1) is 17.4. The lowest BCUT2D eigenvalue weighted by Crippen LogP contribution is -2.37. The Balaban J connectivity index is 1.82. The van der Waals surface area contributed by atoms with Crippen LogP contribution in [0.15, 0.2) is 35.0 Å². The standard InChI is InChI=1S/C19H19FN4O3/c1-12-15(19(25)23(2)14-6-4-3-5-13(14)20)16-17(21-11-22-18(16)27-12)24-7-9-26-10-8-24/h3-6,11H,7-10H2,1-2H3. The van der Waals surface area contributed by atoms with Crippen LogP contribution in [0, 0.1) is 12.7 Å². The normalized spacial score (nSPS) is 14.6. The number of carbonyl (C=O) groups is 1. The van der Waals surface area contributed by atoms with Crippen LogP contribution < -0.4 is 9.80 Å². The molecule has 1 aromatic carbocycles. The van der Waals surface area contributed by atoms with Crippen molar-refractivity contribution in [3.05, 3.63) is 47.7 Å². The van der Waals surface area contributed by atoms with Crippen molar-refractivity contribution < 1.29 is 18.3 Å². The molecule has 140 valence electrons. The Morgan fingerprint density at radius 1 is 1.22 bits per heavy atom. The van der Waals surface area contributed by atoms with E-state index in [2.05, 4.69) is 9.97 Å². The molecule has 0 atom stereocenters. The Hall–Kier alpha value is -3.00. The molecule has 8 heteroatoms. The number of para-hydroxylation sites is 1. The molecule has 0 spiro atoms. The van der Waals surface area contributed by atoms with Crippen molar-refractivity contribution in [1.82, 2.24) is 9.97 Å². The first-order valence-corrected chi connectivity index (χ1v) is 8.67. The summed E-state index contributed by atoms with van der Waals surface area (Å²) in [5.41, 5.74) is 0.883. The zero-order valence-corrected chi connectivity index (χ0v) is 15.1. The number of morpholine rings is 1. The van der Waals surface area contributed by atoms with E-state index in [1.165, 1.54) is 24.3 Å². The van der Waals surface area contributed by atoms with E-state index in [0.29, 0.717) is 54.5 Å². The summed E-state index contributed by atoms with van der Waals surface area (Å²) in [7, 11) is 1.54. The van der Waals surface area contributed by atoms with Crippen molar-refractivity contribution in [2.45, 2.75) is 6.92 Å². The number of aryl methyl sites for hydroxylation is 1. The molecule has 0 unspecified atom stereocenters. The summed E-state index contributed by atoms with van der Waals surface area (Å²) >= 11 is 0. The molecular weight excluding hydrogens is 351 g/mol. The molecule has 0 saturated carbocycles. The van der Waals surface area contributed by atoms with Crippen LogP contribution in [0.1, 0.15) is 16.1 Å². The molecule has 4 rings (SSSR count). The molecule has 0 bridgehead atoms. The van der Waals surface area contributed by atoms with Gasteiger partial charge in [-0.25, -0.2) is 14.4 Å². The molecule has 3 aromatic rings. The minimum atomic E-state index is -0.469. The monoisotopic (exact) mass is 370 g/mol. The molecule has 1 aliphatic rings. The topological polar surface area (TPSA) is 71.7 Å². The molecule has 1 aliphatic heterocycles. The Bertz CT molecular complexity index is 998. The summed E-state index contributed by atoms with van der Waals surface area (Å²) in [6.07, 6.45) is 1.42. The van der Waals surface area contributed by atoms with E-state index in [9.17, 15) is 9.18 Å². The fraction of sp³-hybridized carbons (Fsp3) is 0.316. The van der Waals surface area contributed by atoms with Crippen molar-refractivity contribution in [3.8, 4) is 0 Å². The van der Waals surface area contributed by atoms with Crippen molar-refractivity contribution in [2.24, 2.45) is 0 Å². The number of rotatable bonds is 3. The average Bonchev–Trinajstić information content (AvgIpc) is 3.03. The number of carbonyl (C=O) groups excluding carboxylic acids is 1. The number of nitrogens with zero attached hydrogens (tertiary/aromatic N) is 4. The summed E-state index contributed by atoms with van der Waals surface area (Å²) in [4.78, 5) is 25.1. The molecule has 1 saturated heterocycles. The van der Waals surface area contributed by atoms with Gasteiger partial charge in [-0.3, -0.25) is 4.79 Å². The highest BCUT2D eigenvalue weighted by molar-refractivity contribution is 6.16. The molecular formula is C19H19FN4O3. The van der Waals surface area contributed by atoms with Crippen molar-refractivity contribution in [2.75, 3.05) is 43.2 Å². The van der Waals surface area contributed by atoms with Crippen LogP contribution >= 0.6 is 0 Å². The van der Waals surface area contributed by atoms with Gasteiger partial charge in [0.1, 0.15) is 23.7 Å². The van der Waals surface area contributed by atoms with E-state index >= 15 is 0 Å². The Morgan fingerprint density at radius 3 is 2.70 bits per heavy atom. The Morgan fingerprint density at radius 2 is 1.96 bits per heavy atom. The number of aromatic nitrogens is 2. The fourth-order valence-electron chi connectivity index (χ4n) is 3.30. The summed E-state index contributed by atoms with van der Waals surface area (Å²) in [5, 5.41) is 0.546. The van der Waals surface area contributed by atoms with Crippen LogP contribution in [-0.2, 0) is 4.74 Å². The van der Waals surface area contributed by atoms with Crippen LogP contribution in [0.5, 0.6) is 0 Å². The number of benzene rings is 1. The van der Waals surface area contributed by atoms with E-state index in [1.807, 2.05) is 4.90 Å². The van der Waals surface area contributed by atoms with E-state index in [4.69, 9.17) is 9.15 Å². The van der Waals surface area contributed by atoms with Crippen LogP contribution in [0.4, 0.5) is 15.9 Å². The number of fused-ring (bicyclic) bond motifs is 1. The lowest BCUT2D eigenvalue weighted by atomic mass is 10.1. The lowest BCUT2D eigenvalue weighted by molar-refractivity contribution is 0.0992. The Labute approximate surface area is 155 Å². The number of halogens is 1. The number of furan rings is 1. The lowest BCUT2D eigenvalue weighted by Gasteiger charge is -2.28. The zero-order valence-electron chi connectivity index (χ0n) is 15.1. The van der Waals surface area contributed by atoms with Gasteiger partial charge in [-0.2, -0.15) is 0 Å². The first-order valence-electron chi connectivity index (χ1n) is 8.67. The second-order valence-electron chi connectivity index (χ2n) is 6.33. The van der Waals surface area contributed by atoms with Gasteiger partial charge < -0.3 is 19.0 Å². The molecule has 27 heavy (non-hydrogen) atoms. The molecule has 1 fully saturated rings. The zero-order chi connectivity index (χ0) is 19.0. The largest absolute Gasteiger partial charge is 0.442 e. The third-order valence-electron chi connectivity index (χ3n) is 4.69. The fourth-order valence-corrected chi connectivity index (χ4v) is 3.30. The smallest absolute Gasteiger partial charge is 0.262 e. The third kappa shape index (κ3) is 3.02. The number of anilines is 2. The molecule has 7 nitrogen and oxygen atoms in total. The van der Waals surface area contributed by atoms with Gasteiger partial charge in [0.05, 0.1) is 29.9 Å². The van der Waals surface area contributed by atoms with Crippen molar-refractivity contribution >= 4 is 28.5 Å². The number of hydrogen-bond acceptors (Lipinski definition) is 6. The highest BCUT2D eigenvalue weighted by Gasteiger charge is 2.28. The maximum atomic E-state index is 14.2. The molecule has 0 radical (unpaired) electrons.